The predicted molar refractivity (Wildman–Crippen MR) is 85.5 cm³/mol. The van der Waals surface area contributed by atoms with E-state index in [-0.39, 0.29) is 12.2 Å². The van der Waals surface area contributed by atoms with Crippen LogP contribution in [0.2, 0.25) is 10.0 Å². The minimum absolute atomic E-state index is 0.0174. The van der Waals surface area contributed by atoms with Crippen LogP contribution in [0.5, 0.6) is 11.5 Å². The van der Waals surface area contributed by atoms with Gasteiger partial charge in [-0.1, -0.05) is 47.5 Å². The molecule has 0 unspecified atom stereocenters. The minimum Gasteiger partial charge on any atom is -0.489 e. The molecule has 108 valence electrons. The molecular formula is C16H18Cl2O2. The number of benzene rings is 2. The van der Waals surface area contributed by atoms with Crippen molar-refractivity contribution in [1.82, 2.24) is 0 Å². The van der Waals surface area contributed by atoms with Crippen molar-refractivity contribution in [3.8, 4) is 11.5 Å². The van der Waals surface area contributed by atoms with Crippen molar-refractivity contribution in [3.05, 3.63) is 34.3 Å². The van der Waals surface area contributed by atoms with Gasteiger partial charge < -0.3 is 9.47 Å². The lowest BCUT2D eigenvalue weighted by molar-refractivity contribution is 0.239. The van der Waals surface area contributed by atoms with Crippen LogP contribution in [0.4, 0.5) is 0 Å². The highest BCUT2D eigenvalue weighted by Crippen LogP contribution is 2.47. The van der Waals surface area contributed by atoms with E-state index in [1.54, 1.807) is 0 Å². The zero-order chi connectivity index (χ0) is 14.9. The molecule has 2 nitrogen and oxygen atoms in total. The lowest BCUT2D eigenvalue weighted by Gasteiger charge is -2.20. The van der Waals surface area contributed by atoms with Crippen LogP contribution in [0.15, 0.2) is 24.3 Å². The first-order valence-electron chi connectivity index (χ1n) is 6.64. The third-order valence-electron chi connectivity index (χ3n) is 2.71. The topological polar surface area (TPSA) is 18.5 Å². The molecule has 0 fully saturated rings. The van der Waals surface area contributed by atoms with E-state index in [0.29, 0.717) is 21.5 Å². The Balaban J connectivity index is 2.74. The first-order chi connectivity index (χ1) is 9.41. The van der Waals surface area contributed by atoms with Gasteiger partial charge in [0.15, 0.2) is 0 Å². The molecule has 0 amide bonds. The van der Waals surface area contributed by atoms with Gasteiger partial charge >= 0.3 is 0 Å². The van der Waals surface area contributed by atoms with Gasteiger partial charge in [-0.05, 0) is 27.7 Å². The van der Waals surface area contributed by atoms with Crippen LogP contribution in [-0.4, -0.2) is 12.2 Å². The molecule has 0 spiro atoms. The largest absolute Gasteiger partial charge is 0.489 e. The normalized spacial score (nSPS) is 11.4. The van der Waals surface area contributed by atoms with Gasteiger partial charge in [-0.3, -0.25) is 0 Å². The van der Waals surface area contributed by atoms with E-state index in [9.17, 15) is 0 Å². The Morgan fingerprint density at radius 2 is 1.10 bits per heavy atom. The molecule has 0 saturated heterocycles. The van der Waals surface area contributed by atoms with Crippen LogP contribution in [0.25, 0.3) is 10.8 Å². The third kappa shape index (κ3) is 2.97. The maximum Gasteiger partial charge on any atom is 0.147 e. The van der Waals surface area contributed by atoms with Gasteiger partial charge in [0.25, 0.3) is 0 Å². The fourth-order valence-electron chi connectivity index (χ4n) is 2.02. The summed E-state index contributed by atoms with van der Waals surface area (Å²) in [5.74, 6) is 1.22. The number of halogens is 2. The summed E-state index contributed by atoms with van der Waals surface area (Å²) in [4.78, 5) is 0. The number of ether oxygens (including phenoxy) is 2. The zero-order valence-corrected chi connectivity index (χ0v) is 13.5. The van der Waals surface area contributed by atoms with E-state index in [0.717, 1.165) is 10.8 Å². The number of rotatable bonds is 4. The second-order valence-electron chi connectivity index (χ2n) is 5.17. The molecule has 2 aromatic carbocycles. The fourth-order valence-corrected chi connectivity index (χ4v) is 2.48. The van der Waals surface area contributed by atoms with E-state index >= 15 is 0 Å². The van der Waals surface area contributed by atoms with E-state index in [1.807, 2.05) is 52.0 Å². The Kier molecular flexibility index (Phi) is 4.66. The molecule has 0 aliphatic rings. The lowest BCUT2D eigenvalue weighted by Crippen LogP contribution is -2.09. The molecule has 0 saturated carbocycles. The Morgan fingerprint density at radius 1 is 0.750 bits per heavy atom. The molecule has 2 aromatic rings. The van der Waals surface area contributed by atoms with Crippen molar-refractivity contribution in [3.63, 3.8) is 0 Å². The third-order valence-corrected chi connectivity index (χ3v) is 3.53. The second-order valence-corrected chi connectivity index (χ2v) is 5.92. The first kappa shape index (κ1) is 15.3. The fraction of sp³-hybridized carbons (Fsp3) is 0.375. The molecule has 2 rings (SSSR count). The maximum atomic E-state index is 6.37. The highest BCUT2D eigenvalue weighted by molar-refractivity contribution is 6.45. The molecule has 4 heteroatoms. The predicted octanol–water partition coefficient (Wildman–Crippen LogP) is 5.72. The number of hydrogen-bond acceptors (Lipinski definition) is 2. The summed E-state index contributed by atoms with van der Waals surface area (Å²) in [6, 6.07) is 7.81. The van der Waals surface area contributed by atoms with Crippen molar-refractivity contribution in [2.24, 2.45) is 0 Å². The average Bonchev–Trinajstić information content (AvgIpc) is 2.39. The van der Waals surface area contributed by atoms with Crippen molar-refractivity contribution >= 4 is 34.0 Å². The van der Waals surface area contributed by atoms with Crippen LogP contribution in [0.1, 0.15) is 27.7 Å². The molecule has 0 aliphatic heterocycles. The molecule has 0 radical (unpaired) electrons. The van der Waals surface area contributed by atoms with E-state index in [2.05, 4.69) is 0 Å². The molecular weight excluding hydrogens is 295 g/mol. The van der Waals surface area contributed by atoms with Crippen LogP contribution >= 0.6 is 23.2 Å². The highest BCUT2D eigenvalue weighted by atomic mass is 35.5. The molecule has 0 N–H and O–H groups in total. The lowest BCUT2D eigenvalue weighted by atomic mass is 10.1. The van der Waals surface area contributed by atoms with Crippen molar-refractivity contribution < 1.29 is 9.47 Å². The summed E-state index contributed by atoms with van der Waals surface area (Å²) in [6.07, 6.45) is 0.0349. The number of hydrogen-bond donors (Lipinski definition) is 0. The van der Waals surface area contributed by atoms with Crippen LogP contribution in [-0.2, 0) is 0 Å². The SMILES string of the molecule is CC(C)Oc1c(Cl)c(Cl)c(OC(C)C)c2ccccc12. The smallest absolute Gasteiger partial charge is 0.147 e. The Hall–Kier alpha value is -1.12. The molecule has 0 heterocycles. The summed E-state index contributed by atoms with van der Waals surface area (Å²) >= 11 is 12.7. The Labute approximate surface area is 129 Å². The monoisotopic (exact) mass is 312 g/mol. The number of fused-ring (bicyclic) bond motifs is 1. The molecule has 0 aromatic heterocycles. The highest BCUT2D eigenvalue weighted by Gasteiger charge is 2.20. The van der Waals surface area contributed by atoms with Gasteiger partial charge in [-0.15, -0.1) is 0 Å². The van der Waals surface area contributed by atoms with E-state index < -0.39 is 0 Å². The average molecular weight is 313 g/mol. The van der Waals surface area contributed by atoms with Crippen molar-refractivity contribution in [2.75, 3.05) is 0 Å². The second kappa shape index (κ2) is 6.11. The zero-order valence-electron chi connectivity index (χ0n) is 12.0. The van der Waals surface area contributed by atoms with Crippen LogP contribution in [0.3, 0.4) is 0 Å². The van der Waals surface area contributed by atoms with Crippen molar-refractivity contribution in [2.45, 2.75) is 39.9 Å². The first-order valence-corrected chi connectivity index (χ1v) is 7.40. The summed E-state index contributed by atoms with van der Waals surface area (Å²) in [7, 11) is 0. The quantitative estimate of drug-likeness (QED) is 0.718. The van der Waals surface area contributed by atoms with Crippen LogP contribution < -0.4 is 9.47 Å². The van der Waals surface area contributed by atoms with E-state index in [1.165, 1.54) is 0 Å². The summed E-state index contributed by atoms with van der Waals surface area (Å²) < 4.78 is 11.7. The summed E-state index contributed by atoms with van der Waals surface area (Å²) in [5, 5.41) is 2.61. The molecule has 0 bridgehead atoms. The Bertz CT molecular complexity index is 567. The van der Waals surface area contributed by atoms with Gasteiger partial charge in [0.2, 0.25) is 0 Å². The molecule has 20 heavy (non-hydrogen) atoms. The maximum absolute atomic E-state index is 6.37. The molecule has 0 aliphatic carbocycles. The van der Waals surface area contributed by atoms with Gasteiger partial charge in [0.1, 0.15) is 21.5 Å². The minimum atomic E-state index is 0.0174. The summed E-state index contributed by atoms with van der Waals surface area (Å²) in [6.45, 7) is 7.82. The molecule has 0 atom stereocenters. The van der Waals surface area contributed by atoms with Gasteiger partial charge in [-0.2, -0.15) is 0 Å². The van der Waals surface area contributed by atoms with Gasteiger partial charge in [0.05, 0.1) is 12.2 Å². The summed E-state index contributed by atoms with van der Waals surface area (Å²) in [5.41, 5.74) is 0. The van der Waals surface area contributed by atoms with Crippen molar-refractivity contribution in [1.29, 1.82) is 0 Å². The van der Waals surface area contributed by atoms with Gasteiger partial charge in [0, 0.05) is 10.8 Å². The van der Waals surface area contributed by atoms with Gasteiger partial charge in [-0.25, -0.2) is 0 Å². The Morgan fingerprint density at radius 3 is 1.40 bits per heavy atom. The van der Waals surface area contributed by atoms with Crippen LogP contribution in [0, 0.1) is 0 Å². The van der Waals surface area contributed by atoms with E-state index in [4.69, 9.17) is 32.7 Å². The standard InChI is InChI=1S/C16H18Cl2O2/c1-9(2)19-15-11-7-5-6-8-12(11)16(20-10(3)4)14(18)13(15)17/h5-10H,1-4H3.